The summed E-state index contributed by atoms with van der Waals surface area (Å²) in [7, 11) is 0. The highest BCUT2D eigenvalue weighted by Gasteiger charge is 2.60. The summed E-state index contributed by atoms with van der Waals surface area (Å²) >= 11 is 6.41. The van der Waals surface area contributed by atoms with Gasteiger partial charge >= 0.3 is 0 Å². The van der Waals surface area contributed by atoms with Crippen molar-refractivity contribution >= 4 is 11.6 Å². The topological polar surface area (TPSA) is 88.4 Å². The maximum Gasteiger partial charge on any atom is 0.144 e. The van der Waals surface area contributed by atoms with E-state index in [4.69, 9.17) is 25.8 Å². The largest absolute Gasteiger partial charge is 0.494 e. The van der Waals surface area contributed by atoms with Gasteiger partial charge in [-0.05, 0) is 48.2 Å². The second-order valence-corrected chi connectivity index (χ2v) is 7.99. The number of halogens is 1. The normalized spacial score (nSPS) is 31.1. The molecule has 2 fully saturated rings. The molecule has 2 aromatic rings. The van der Waals surface area contributed by atoms with E-state index in [-0.39, 0.29) is 13.2 Å². The second-order valence-electron chi connectivity index (χ2n) is 7.58. The predicted molar refractivity (Wildman–Crippen MR) is 107 cm³/mol. The number of rotatable bonds is 6. The van der Waals surface area contributed by atoms with Crippen LogP contribution in [-0.4, -0.2) is 59.1 Å². The van der Waals surface area contributed by atoms with Crippen LogP contribution in [0.1, 0.15) is 29.7 Å². The van der Waals surface area contributed by atoms with Crippen molar-refractivity contribution in [3.8, 4) is 5.75 Å². The van der Waals surface area contributed by atoms with Crippen LogP contribution >= 0.6 is 11.6 Å². The van der Waals surface area contributed by atoms with E-state index in [0.29, 0.717) is 23.6 Å². The molecule has 6 nitrogen and oxygen atoms in total. The molecular weight excluding hydrogens is 396 g/mol. The van der Waals surface area contributed by atoms with Gasteiger partial charge in [0.05, 0.1) is 19.8 Å². The van der Waals surface area contributed by atoms with Gasteiger partial charge in [0.2, 0.25) is 0 Å². The van der Waals surface area contributed by atoms with Crippen molar-refractivity contribution in [3.05, 3.63) is 64.2 Å². The summed E-state index contributed by atoms with van der Waals surface area (Å²) in [5.41, 5.74) is 1.65. The Balaban J connectivity index is 1.57. The predicted octanol–water partition coefficient (Wildman–Crippen LogP) is 2.25. The van der Waals surface area contributed by atoms with E-state index in [2.05, 4.69) is 0 Å². The molecule has 0 aromatic heterocycles. The molecule has 2 saturated heterocycles. The van der Waals surface area contributed by atoms with Crippen molar-refractivity contribution in [1.82, 2.24) is 0 Å². The van der Waals surface area contributed by atoms with Gasteiger partial charge in [0.15, 0.2) is 0 Å². The highest BCUT2D eigenvalue weighted by molar-refractivity contribution is 6.31. The average molecular weight is 421 g/mol. The van der Waals surface area contributed by atoms with Gasteiger partial charge in [-0.25, -0.2) is 0 Å². The lowest BCUT2D eigenvalue weighted by Gasteiger charge is -2.56. The van der Waals surface area contributed by atoms with Crippen LogP contribution in [0.2, 0.25) is 5.02 Å². The standard InChI is InChI=1S/C22H25ClO6/c1-2-27-16-6-3-13(4-7-16)9-15-10-14(5-8-17(15)23)20-18(25)19(26)21-22(11-24,29-20)12-28-21/h3-8,10,18-21,24-26H,2,9,11-12H2,1H3/t18-,19-,20+,21+,22+/m1/s1. The minimum absolute atomic E-state index is 0.182. The van der Waals surface area contributed by atoms with Gasteiger partial charge in [-0.3, -0.25) is 0 Å². The molecule has 4 rings (SSSR count). The molecule has 2 aliphatic rings. The first-order chi connectivity index (χ1) is 14.0. The Labute approximate surface area is 174 Å². The summed E-state index contributed by atoms with van der Waals surface area (Å²) < 4.78 is 16.8. The first-order valence-corrected chi connectivity index (χ1v) is 10.1. The number of benzene rings is 2. The zero-order valence-corrected chi connectivity index (χ0v) is 16.9. The third-order valence-corrected chi connectivity index (χ3v) is 6.02. The van der Waals surface area contributed by atoms with Crippen LogP contribution in [0.5, 0.6) is 5.75 Å². The molecule has 2 aliphatic heterocycles. The van der Waals surface area contributed by atoms with Gasteiger partial charge < -0.3 is 29.5 Å². The van der Waals surface area contributed by atoms with E-state index in [9.17, 15) is 15.3 Å². The third-order valence-electron chi connectivity index (χ3n) is 5.65. The fourth-order valence-corrected chi connectivity index (χ4v) is 4.18. The molecule has 3 N–H and O–H groups in total. The molecule has 2 heterocycles. The molecule has 156 valence electrons. The van der Waals surface area contributed by atoms with Crippen molar-refractivity contribution in [3.63, 3.8) is 0 Å². The third kappa shape index (κ3) is 3.77. The Hall–Kier alpha value is -1.67. The van der Waals surface area contributed by atoms with Crippen molar-refractivity contribution in [2.45, 2.75) is 43.4 Å². The molecular formula is C22H25ClO6. The molecule has 0 amide bonds. The van der Waals surface area contributed by atoms with Crippen LogP contribution in [0.25, 0.3) is 0 Å². The smallest absolute Gasteiger partial charge is 0.144 e. The van der Waals surface area contributed by atoms with Gasteiger partial charge in [-0.1, -0.05) is 35.9 Å². The summed E-state index contributed by atoms with van der Waals surface area (Å²) in [4.78, 5) is 0. The maximum atomic E-state index is 10.6. The quantitative estimate of drug-likeness (QED) is 0.664. The summed E-state index contributed by atoms with van der Waals surface area (Å²) in [6.45, 7) is 2.45. The van der Waals surface area contributed by atoms with Gasteiger partial charge in [0.25, 0.3) is 0 Å². The van der Waals surface area contributed by atoms with Crippen LogP contribution < -0.4 is 4.74 Å². The maximum absolute atomic E-state index is 10.6. The van der Waals surface area contributed by atoms with E-state index in [1.54, 1.807) is 12.1 Å². The number of hydrogen-bond acceptors (Lipinski definition) is 6. The Bertz CT molecular complexity index is 853. The van der Waals surface area contributed by atoms with Crippen molar-refractivity contribution in [1.29, 1.82) is 0 Å². The van der Waals surface area contributed by atoms with Gasteiger partial charge in [-0.15, -0.1) is 0 Å². The minimum atomic E-state index is -1.17. The van der Waals surface area contributed by atoms with Crippen LogP contribution in [-0.2, 0) is 15.9 Å². The lowest BCUT2D eigenvalue weighted by molar-refractivity contribution is -0.363. The minimum Gasteiger partial charge on any atom is -0.494 e. The van der Waals surface area contributed by atoms with Crippen LogP contribution in [0.15, 0.2) is 42.5 Å². The molecule has 0 radical (unpaired) electrons. The van der Waals surface area contributed by atoms with Crippen molar-refractivity contribution in [2.24, 2.45) is 0 Å². The molecule has 7 heteroatoms. The van der Waals surface area contributed by atoms with E-state index in [1.165, 1.54) is 0 Å². The summed E-state index contributed by atoms with van der Waals surface area (Å²) in [5.74, 6) is 0.815. The van der Waals surface area contributed by atoms with Crippen LogP contribution in [0.3, 0.4) is 0 Å². The number of hydrogen-bond donors (Lipinski definition) is 3. The SMILES string of the molecule is CCOc1ccc(Cc2cc([C@@H]3O[C@@]4(CO)CO[C@H]4[C@H](O)[C@H]3O)ccc2Cl)cc1. The first kappa shape index (κ1) is 20.6. The fraction of sp³-hybridized carbons (Fsp3) is 0.455. The zero-order valence-electron chi connectivity index (χ0n) is 16.1. The number of aliphatic hydroxyl groups excluding tert-OH is 3. The molecule has 29 heavy (non-hydrogen) atoms. The number of ether oxygens (including phenoxy) is 3. The lowest BCUT2D eigenvalue weighted by atomic mass is 9.80. The second kappa shape index (κ2) is 8.22. The summed E-state index contributed by atoms with van der Waals surface area (Å²) in [5, 5.41) is 31.4. The highest BCUT2D eigenvalue weighted by atomic mass is 35.5. The summed E-state index contributed by atoms with van der Waals surface area (Å²) in [6.07, 6.45) is -3.22. The fourth-order valence-electron chi connectivity index (χ4n) is 3.99. The molecule has 5 atom stereocenters. The molecule has 0 bridgehead atoms. The number of aliphatic hydroxyl groups is 3. The van der Waals surface area contributed by atoms with Crippen molar-refractivity contribution < 1.29 is 29.5 Å². The van der Waals surface area contributed by atoms with Crippen LogP contribution in [0.4, 0.5) is 0 Å². The van der Waals surface area contributed by atoms with E-state index in [0.717, 1.165) is 16.9 Å². The van der Waals surface area contributed by atoms with Gasteiger partial charge in [0, 0.05) is 5.02 Å². The molecule has 0 unspecified atom stereocenters. The highest BCUT2D eigenvalue weighted by Crippen LogP contribution is 2.45. The van der Waals surface area contributed by atoms with Gasteiger partial charge in [-0.2, -0.15) is 0 Å². The zero-order chi connectivity index (χ0) is 20.6. The van der Waals surface area contributed by atoms with E-state index >= 15 is 0 Å². The van der Waals surface area contributed by atoms with Crippen LogP contribution in [0, 0.1) is 0 Å². The molecule has 0 saturated carbocycles. The lowest BCUT2D eigenvalue weighted by Crippen LogP contribution is -2.73. The monoisotopic (exact) mass is 420 g/mol. The summed E-state index contributed by atoms with van der Waals surface area (Å²) in [6, 6.07) is 13.2. The van der Waals surface area contributed by atoms with Crippen molar-refractivity contribution in [2.75, 3.05) is 19.8 Å². The Morgan fingerprint density at radius 1 is 1.14 bits per heavy atom. The molecule has 0 aliphatic carbocycles. The first-order valence-electron chi connectivity index (χ1n) is 9.74. The Morgan fingerprint density at radius 3 is 2.52 bits per heavy atom. The molecule has 0 spiro atoms. The average Bonchev–Trinajstić information content (AvgIpc) is 2.70. The molecule has 2 aromatic carbocycles. The van der Waals surface area contributed by atoms with Gasteiger partial charge in [0.1, 0.15) is 35.8 Å². The Kier molecular flexibility index (Phi) is 5.84. The number of fused-ring (bicyclic) bond motifs is 1. The van der Waals surface area contributed by atoms with E-state index in [1.807, 2.05) is 37.3 Å². The van der Waals surface area contributed by atoms with E-state index < -0.39 is 30.0 Å². The Morgan fingerprint density at radius 2 is 1.90 bits per heavy atom.